The van der Waals surface area contributed by atoms with Crippen LogP contribution in [-0.2, 0) is 14.9 Å². The molecule has 0 amide bonds. The number of hydrogen-bond donors (Lipinski definition) is 0. The summed E-state index contributed by atoms with van der Waals surface area (Å²) in [5, 5.41) is 0. The highest BCUT2D eigenvalue weighted by Crippen LogP contribution is 2.31. The molecule has 94 valence electrons. The molecule has 0 aliphatic heterocycles. The van der Waals surface area contributed by atoms with E-state index in [9.17, 15) is 13.6 Å². The average molecular weight is 242 g/mol. The fourth-order valence-corrected chi connectivity index (χ4v) is 1.64. The highest BCUT2D eigenvalue weighted by atomic mass is 19.1. The van der Waals surface area contributed by atoms with E-state index in [0.29, 0.717) is 5.56 Å². The van der Waals surface area contributed by atoms with E-state index in [1.165, 1.54) is 26.8 Å². The van der Waals surface area contributed by atoms with Crippen molar-refractivity contribution in [1.82, 2.24) is 0 Å². The number of rotatable bonds is 3. The van der Waals surface area contributed by atoms with Crippen LogP contribution in [0.5, 0.6) is 0 Å². The predicted octanol–water partition coefficient (Wildman–Crippen LogP) is 3.11. The second kappa shape index (κ2) is 4.82. The lowest BCUT2D eigenvalue weighted by Gasteiger charge is -2.24. The van der Waals surface area contributed by atoms with Gasteiger partial charge < -0.3 is 4.74 Å². The molecule has 0 aromatic heterocycles. The van der Waals surface area contributed by atoms with Crippen molar-refractivity contribution >= 4 is 5.97 Å². The summed E-state index contributed by atoms with van der Waals surface area (Å²) in [6.07, 6.45) is 0. The van der Waals surface area contributed by atoms with Crippen LogP contribution in [0.25, 0.3) is 0 Å². The summed E-state index contributed by atoms with van der Waals surface area (Å²) in [6.45, 7) is 6.26. The van der Waals surface area contributed by atoms with Crippen molar-refractivity contribution in [2.45, 2.75) is 33.1 Å². The van der Waals surface area contributed by atoms with Gasteiger partial charge in [0.05, 0.1) is 12.0 Å². The highest BCUT2D eigenvalue weighted by molar-refractivity contribution is 5.82. The summed E-state index contributed by atoms with van der Waals surface area (Å²) in [4.78, 5) is 11.7. The van der Waals surface area contributed by atoms with Crippen LogP contribution in [0, 0.1) is 18.6 Å². The smallest absolute Gasteiger partial charge is 0.316 e. The number of esters is 1. The lowest BCUT2D eigenvalue weighted by Crippen LogP contribution is -2.33. The minimum Gasteiger partial charge on any atom is -0.465 e. The number of halogens is 2. The second-order valence-electron chi connectivity index (χ2n) is 4.40. The van der Waals surface area contributed by atoms with Crippen molar-refractivity contribution in [2.75, 3.05) is 6.61 Å². The van der Waals surface area contributed by atoms with Gasteiger partial charge in [0.25, 0.3) is 0 Å². The molecule has 1 rings (SSSR count). The normalized spacial score (nSPS) is 11.4. The molecule has 0 saturated carbocycles. The SMILES string of the molecule is CCOC(=O)C(C)(C)c1c(F)ccc(C)c1F. The van der Waals surface area contributed by atoms with Gasteiger partial charge in [-0.15, -0.1) is 0 Å². The summed E-state index contributed by atoms with van der Waals surface area (Å²) in [5.41, 5.74) is -1.27. The maximum Gasteiger partial charge on any atom is 0.316 e. The molecule has 0 atom stereocenters. The number of carbonyl (C=O) groups is 1. The molecular formula is C13H16F2O2. The van der Waals surface area contributed by atoms with Gasteiger partial charge in [-0.1, -0.05) is 6.07 Å². The third kappa shape index (κ3) is 2.46. The van der Waals surface area contributed by atoms with Gasteiger partial charge in [-0.05, 0) is 39.3 Å². The summed E-state index contributed by atoms with van der Waals surface area (Å²) in [6, 6.07) is 2.50. The molecule has 0 spiro atoms. The summed E-state index contributed by atoms with van der Waals surface area (Å²) in [5.74, 6) is -2.06. The lowest BCUT2D eigenvalue weighted by molar-refractivity contribution is -0.149. The van der Waals surface area contributed by atoms with E-state index in [-0.39, 0.29) is 12.2 Å². The van der Waals surface area contributed by atoms with Crippen molar-refractivity contribution in [2.24, 2.45) is 0 Å². The van der Waals surface area contributed by atoms with Gasteiger partial charge in [-0.3, -0.25) is 4.79 Å². The minimum atomic E-state index is -1.34. The first-order valence-electron chi connectivity index (χ1n) is 5.44. The fraction of sp³-hybridized carbons (Fsp3) is 0.462. The van der Waals surface area contributed by atoms with Gasteiger partial charge in [0.15, 0.2) is 0 Å². The van der Waals surface area contributed by atoms with Gasteiger partial charge in [0.1, 0.15) is 11.6 Å². The van der Waals surface area contributed by atoms with Crippen molar-refractivity contribution < 1.29 is 18.3 Å². The van der Waals surface area contributed by atoms with E-state index < -0.39 is 23.0 Å². The first-order chi connectivity index (χ1) is 7.82. The van der Waals surface area contributed by atoms with Crippen LogP contribution in [0.4, 0.5) is 8.78 Å². The summed E-state index contributed by atoms with van der Waals surface area (Å²) in [7, 11) is 0. The molecule has 0 radical (unpaired) electrons. The maximum absolute atomic E-state index is 13.9. The van der Waals surface area contributed by atoms with Crippen molar-refractivity contribution in [3.05, 3.63) is 34.9 Å². The van der Waals surface area contributed by atoms with Crippen LogP contribution in [0.3, 0.4) is 0 Å². The Morgan fingerprint density at radius 1 is 1.35 bits per heavy atom. The Bertz CT molecular complexity index is 439. The number of hydrogen-bond acceptors (Lipinski definition) is 2. The van der Waals surface area contributed by atoms with Crippen molar-refractivity contribution in [3.63, 3.8) is 0 Å². The monoisotopic (exact) mass is 242 g/mol. The van der Waals surface area contributed by atoms with Gasteiger partial charge >= 0.3 is 5.97 Å². The van der Waals surface area contributed by atoms with Crippen LogP contribution in [0.2, 0.25) is 0 Å². The molecule has 2 nitrogen and oxygen atoms in total. The predicted molar refractivity (Wildman–Crippen MR) is 60.8 cm³/mol. The van der Waals surface area contributed by atoms with Gasteiger partial charge in [0.2, 0.25) is 0 Å². The maximum atomic E-state index is 13.9. The van der Waals surface area contributed by atoms with Crippen LogP contribution < -0.4 is 0 Å². The third-order valence-corrected chi connectivity index (χ3v) is 2.69. The topological polar surface area (TPSA) is 26.3 Å². The van der Waals surface area contributed by atoms with Gasteiger partial charge in [0, 0.05) is 5.56 Å². The molecule has 17 heavy (non-hydrogen) atoms. The van der Waals surface area contributed by atoms with Crippen LogP contribution in [-0.4, -0.2) is 12.6 Å². The number of aryl methyl sites for hydroxylation is 1. The third-order valence-electron chi connectivity index (χ3n) is 2.69. The van der Waals surface area contributed by atoms with E-state index in [0.717, 1.165) is 6.07 Å². The Morgan fingerprint density at radius 2 is 1.94 bits per heavy atom. The zero-order valence-corrected chi connectivity index (χ0v) is 10.4. The van der Waals surface area contributed by atoms with E-state index in [1.807, 2.05) is 0 Å². The van der Waals surface area contributed by atoms with E-state index >= 15 is 0 Å². The molecule has 1 aromatic carbocycles. The Labute approximate surface area is 99.6 Å². The molecule has 4 heteroatoms. The Kier molecular flexibility index (Phi) is 3.86. The Morgan fingerprint density at radius 3 is 2.47 bits per heavy atom. The number of ether oxygens (including phenoxy) is 1. The van der Waals surface area contributed by atoms with Crippen molar-refractivity contribution in [1.29, 1.82) is 0 Å². The molecule has 0 fully saturated rings. The Balaban J connectivity index is 3.32. The molecule has 0 heterocycles. The van der Waals surface area contributed by atoms with Crippen molar-refractivity contribution in [3.8, 4) is 0 Å². The first-order valence-corrected chi connectivity index (χ1v) is 5.44. The molecule has 0 aliphatic carbocycles. The zero-order chi connectivity index (χ0) is 13.2. The van der Waals surface area contributed by atoms with E-state index in [4.69, 9.17) is 4.74 Å². The lowest BCUT2D eigenvalue weighted by atomic mass is 9.83. The minimum absolute atomic E-state index is 0.178. The molecule has 0 N–H and O–H groups in total. The summed E-state index contributed by atoms with van der Waals surface area (Å²) < 4.78 is 32.4. The van der Waals surface area contributed by atoms with Crippen LogP contribution in [0.1, 0.15) is 31.9 Å². The first kappa shape index (κ1) is 13.6. The summed E-state index contributed by atoms with van der Waals surface area (Å²) >= 11 is 0. The molecule has 0 bridgehead atoms. The molecule has 1 aromatic rings. The quantitative estimate of drug-likeness (QED) is 0.761. The molecule has 0 unspecified atom stereocenters. The Hall–Kier alpha value is -1.45. The highest BCUT2D eigenvalue weighted by Gasteiger charge is 2.37. The number of carbonyl (C=O) groups excluding carboxylic acids is 1. The van der Waals surface area contributed by atoms with E-state index in [2.05, 4.69) is 0 Å². The standard InChI is InChI=1S/C13H16F2O2/c1-5-17-12(16)13(3,4)10-9(14)7-6-8(2)11(10)15/h6-7H,5H2,1-4H3. The molecular weight excluding hydrogens is 226 g/mol. The average Bonchev–Trinajstić information content (AvgIpc) is 2.24. The van der Waals surface area contributed by atoms with Crippen LogP contribution in [0.15, 0.2) is 12.1 Å². The molecule has 0 saturated heterocycles. The van der Waals surface area contributed by atoms with Gasteiger partial charge in [-0.2, -0.15) is 0 Å². The zero-order valence-electron chi connectivity index (χ0n) is 10.4. The van der Waals surface area contributed by atoms with E-state index in [1.54, 1.807) is 6.92 Å². The van der Waals surface area contributed by atoms with Crippen LogP contribution >= 0.6 is 0 Å². The van der Waals surface area contributed by atoms with Gasteiger partial charge in [-0.25, -0.2) is 8.78 Å². The number of benzene rings is 1. The second-order valence-corrected chi connectivity index (χ2v) is 4.40. The molecule has 0 aliphatic rings. The largest absolute Gasteiger partial charge is 0.465 e. The fourth-order valence-electron chi connectivity index (χ4n) is 1.64.